The fourth-order valence-corrected chi connectivity index (χ4v) is 7.69. The highest BCUT2D eigenvalue weighted by atomic mass is 35.5. The van der Waals surface area contributed by atoms with Crippen LogP contribution in [0.25, 0.3) is 0 Å². The van der Waals surface area contributed by atoms with E-state index in [4.69, 9.17) is 25.8 Å². The summed E-state index contributed by atoms with van der Waals surface area (Å²) in [5.41, 5.74) is 4.16. The van der Waals surface area contributed by atoms with Crippen molar-refractivity contribution >= 4 is 34.7 Å². The lowest BCUT2D eigenvalue weighted by Crippen LogP contribution is -2.27. The number of ether oxygens (including phenoxy) is 3. The van der Waals surface area contributed by atoms with E-state index < -0.39 is 7.14 Å². The first-order chi connectivity index (χ1) is 14.2. The molecule has 3 aromatic rings. The number of benzene rings is 3. The Kier molecular flexibility index (Phi) is 5.34. The molecule has 0 saturated carbocycles. The number of halogens is 1. The van der Waals surface area contributed by atoms with Crippen LogP contribution in [0.2, 0.25) is 5.02 Å². The average molecular weight is 443 g/mol. The maximum Gasteiger partial charge on any atom is 0.231 e. The Hall–Kier alpha value is -2.42. The first-order valence-electron chi connectivity index (χ1n) is 9.68. The van der Waals surface area contributed by atoms with E-state index in [0.717, 1.165) is 32.9 Å². The Morgan fingerprint density at radius 3 is 1.73 bits per heavy atom. The lowest BCUT2D eigenvalue weighted by Gasteiger charge is -2.24. The third-order valence-corrected chi connectivity index (χ3v) is 8.74. The molecule has 0 amide bonds. The van der Waals surface area contributed by atoms with Crippen LogP contribution >= 0.6 is 18.7 Å². The molecule has 30 heavy (non-hydrogen) atoms. The van der Waals surface area contributed by atoms with Gasteiger partial charge in [-0.05, 0) is 58.0 Å². The van der Waals surface area contributed by atoms with Crippen LogP contribution in [0.5, 0.6) is 17.2 Å². The summed E-state index contributed by atoms with van der Waals surface area (Å²) in [5.74, 6) is 1.27. The molecular weight excluding hydrogens is 419 g/mol. The summed E-state index contributed by atoms with van der Waals surface area (Å²) in [5, 5.41) is 2.24. The molecule has 0 N–H and O–H groups in total. The number of hydrogen-bond donors (Lipinski definition) is 0. The SMILES string of the molecule is COc1cc(P(=O)(c2cc(C)cc(C)c2)c2cc(C)cc(C)c2)c(Cl)c2c1OCO2. The van der Waals surface area contributed by atoms with Crippen molar-refractivity contribution in [2.45, 2.75) is 27.7 Å². The highest BCUT2D eigenvalue weighted by molar-refractivity contribution is 7.85. The van der Waals surface area contributed by atoms with Gasteiger partial charge in [-0.25, -0.2) is 0 Å². The van der Waals surface area contributed by atoms with Gasteiger partial charge in [0.2, 0.25) is 12.5 Å². The molecule has 1 aliphatic rings. The lowest BCUT2D eigenvalue weighted by molar-refractivity contribution is 0.171. The summed E-state index contributed by atoms with van der Waals surface area (Å²) in [6, 6.07) is 13.7. The van der Waals surface area contributed by atoms with E-state index in [-0.39, 0.29) is 6.79 Å². The topological polar surface area (TPSA) is 44.8 Å². The first kappa shape index (κ1) is 20.8. The van der Waals surface area contributed by atoms with Gasteiger partial charge < -0.3 is 18.8 Å². The van der Waals surface area contributed by atoms with E-state index in [2.05, 4.69) is 12.1 Å². The minimum atomic E-state index is -3.34. The normalized spacial score (nSPS) is 12.9. The number of methoxy groups -OCH3 is 1. The number of rotatable bonds is 4. The van der Waals surface area contributed by atoms with Crippen molar-refractivity contribution < 1.29 is 18.8 Å². The van der Waals surface area contributed by atoms with Crippen molar-refractivity contribution in [1.29, 1.82) is 0 Å². The van der Waals surface area contributed by atoms with Crippen molar-refractivity contribution in [2.24, 2.45) is 0 Å². The minimum Gasteiger partial charge on any atom is -0.493 e. The molecule has 0 aliphatic carbocycles. The van der Waals surface area contributed by atoms with Gasteiger partial charge in [-0.15, -0.1) is 0 Å². The van der Waals surface area contributed by atoms with Crippen LogP contribution in [0, 0.1) is 27.7 Å². The number of hydrogen-bond acceptors (Lipinski definition) is 4. The highest BCUT2D eigenvalue weighted by Gasteiger charge is 2.37. The molecule has 0 fully saturated rings. The van der Waals surface area contributed by atoms with Crippen LogP contribution in [-0.2, 0) is 4.57 Å². The fourth-order valence-electron chi connectivity index (χ4n) is 4.07. The Morgan fingerprint density at radius 1 is 0.800 bits per heavy atom. The molecule has 156 valence electrons. The monoisotopic (exact) mass is 442 g/mol. The standard InChI is InChI=1S/C24H24ClO4P/c1-14-6-15(2)9-18(8-14)30(26,19-10-16(3)7-17(4)11-19)21-12-20(27-5)23-24(22(21)25)29-13-28-23/h6-12H,13H2,1-5H3. The van der Waals surface area contributed by atoms with Crippen LogP contribution in [-0.4, -0.2) is 13.9 Å². The zero-order valence-corrected chi connectivity index (χ0v) is 19.4. The van der Waals surface area contributed by atoms with E-state index in [1.165, 1.54) is 0 Å². The van der Waals surface area contributed by atoms with Gasteiger partial charge in [0.1, 0.15) is 0 Å². The summed E-state index contributed by atoms with van der Waals surface area (Å²) in [6.07, 6.45) is 0. The van der Waals surface area contributed by atoms with Gasteiger partial charge in [-0.2, -0.15) is 0 Å². The van der Waals surface area contributed by atoms with Gasteiger partial charge >= 0.3 is 0 Å². The van der Waals surface area contributed by atoms with Crippen molar-refractivity contribution in [1.82, 2.24) is 0 Å². The smallest absolute Gasteiger partial charge is 0.231 e. The van der Waals surface area contributed by atoms with Crippen LogP contribution in [0.1, 0.15) is 22.3 Å². The molecule has 1 aliphatic heterocycles. The number of aryl methyl sites for hydroxylation is 4. The molecule has 0 atom stereocenters. The van der Waals surface area contributed by atoms with Crippen molar-refractivity contribution in [3.8, 4) is 17.2 Å². The summed E-state index contributed by atoms with van der Waals surface area (Å²) in [6.45, 7) is 8.06. The number of fused-ring (bicyclic) bond motifs is 1. The molecule has 1 heterocycles. The molecule has 0 spiro atoms. The molecule has 0 saturated heterocycles. The summed E-state index contributed by atoms with van der Waals surface area (Å²) in [4.78, 5) is 0. The summed E-state index contributed by atoms with van der Waals surface area (Å²) in [7, 11) is -1.79. The van der Waals surface area contributed by atoms with E-state index in [0.29, 0.717) is 27.6 Å². The van der Waals surface area contributed by atoms with E-state index in [9.17, 15) is 0 Å². The maximum absolute atomic E-state index is 15.1. The molecule has 6 heteroatoms. The second kappa shape index (κ2) is 7.68. The maximum atomic E-state index is 15.1. The van der Waals surface area contributed by atoms with Crippen molar-refractivity contribution in [3.63, 3.8) is 0 Å². The van der Waals surface area contributed by atoms with E-state index in [1.54, 1.807) is 13.2 Å². The molecule has 0 unspecified atom stereocenters. The lowest BCUT2D eigenvalue weighted by atomic mass is 10.2. The molecule has 0 bridgehead atoms. The van der Waals surface area contributed by atoms with Crippen molar-refractivity contribution in [3.05, 3.63) is 69.7 Å². The van der Waals surface area contributed by atoms with Gasteiger partial charge in [0.05, 0.1) is 12.1 Å². The first-order valence-corrected chi connectivity index (χ1v) is 11.8. The zero-order chi connectivity index (χ0) is 21.6. The minimum absolute atomic E-state index is 0.0479. The Labute approximate surface area is 182 Å². The van der Waals surface area contributed by atoms with Gasteiger partial charge in [0, 0.05) is 15.9 Å². The zero-order valence-electron chi connectivity index (χ0n) is 17.7. The summed E-state index contributed by atoms with van der Waals surface area (Å²) < 4.78 is 31.8. The van der Waals surface area contributed by atoms with Gasteiger partial charge in [-0.3, -0.25) is 0 Å². The Morgan fingerprint density at radius 2 is 1.27 bits per heavy atom. The second-order valence-corrected chi connectivity index (χ2v) is 10.9. The van der Waals surface area contributed by atoms with Gasteiger partial charge in [0.15, 0.2) is 18.6 Å². The highest BCUT2D eigenvalue weighted by Crippen LogP contribution is 2.52. The van der Waals surface area contributed by atoms with Gasteiger partial charge in [-0.1, -0.05) is 46.0 Å². The van der Waals surface area contributed by atoms with Crippen molar-refractivity contribution in [2.75, 3.05) is 13.9 Å². The molecule has 0 radical (unpaired) electrons. The van der Waals surface area contributed by atoms with Crippen LogP contribution in [0.15, 0.2) is 42.5 Å². The van der Waals surface area contributed by atoms with Crippen LogP contribution in [0.3, 0.4) is 0 Å². The molecular formula is C24H24ClO4P. The summed E-state index contributed by atoms with van der Waals surface area (Å²) >= 11 is 6.79. The quantitative estimate of drug-likeness (QED) is 0.536. The Bertz CT molecular complexity index is 1110. The third kappa shape index (κ3) is 3.38. The van der Waals surface area contributed by atoms with Crippen LogP contribution < -0.4 is 30.1 Å². The van der Waals surface area contributed by atoms with Crippen LogP contribution in [0.4, 0.5) is 0 Å². The van der Waals surface area contributed by atoms with E-state index >= 15 is 4.57 Å². The fraction of sp³-hybridized carbons (Fsp3) is 0.250. The van der Waals surface area contributed by atoms with E-state index in [1.807, 2.05) is 52.0 Å². The molecule has 0 aromatic heterocycles. The predicted octanol–water partition coefficient (Wildman–Crippen LogP) is 4.95. The molecule has 4 nitrogen and oxygen atoms in total. The largest absolute Gasteiger partial charge is 0.493 e. The third-order valence-electron chi connectivity index (χ3n) is 5.23. The Balaban J connectivity index is 2.11. The molecule has 3 aromatic carbocycles. The predicted molar refractivity (Wildman–Crippen MR) is 122 cm³/mol. The van der Waals surface area contributed by atoms with Gasteiger partial charge in [0.25, 0.3) is 0 Å². The average Bonchev–Trinajstić information content (AvgIpc) is 3.17. The second-order valence-electron chi connectivity index (χ2n) is 7.78. The molecule has 4 rings (SSSR count).